The van der Waals surface area contributed by atoms with Crippen molar-refractivity contribution in [2.45, 2.75) is 13.0 Å². The van der Waals surface area contributed by atoms with Crippen LogP contribution in [0.25, 0.3) is 0 Å². The highest BCUT2D eigenvalue weighted by atomic mass is 16.5. The molecule has 164 valence electrons. The van der Waals surface area contributed by atoms with Crippen molar-refractivity contribution in [3.05, 3.63) is 60.7 Å². The van der Waals surface area contributed by atoms with E-state index in [9.17, 15) is 9.59 Å². The van der Waals surface area contributed by atoms with Crippen molar-refractivity contribution < 1.29 is 23.8 Å². The monoisotopic (exact) mass is 424 g/mol. The molecule has 2 aromatic rings. The minimum atomic E-state index is -0.435. The lowest BCUT2D eigenvalue weighted by molar-refractivity contribution is -0.135. The van der Waals surface area contributed by atoms with Gasteiger partial charge in [0.2, 0.25) is 17.6 Å². The normalized spacial score (nSPS) is 15.5. The summed E-state index contributed by atoms with van der Waals surface area (Å²) in [4.78, 5) is 29.4. The molecule has 7 heteroatoms. The molecule has 3 rings (SSSR count). The topological polar surface area (TPSA) is 68.3 Å². The van der Waals surface area contributed by atoms with Gasteiger partial charge in [0, 0.05) is 38.2 Å². The summed E-state index contributed by atoms with van der Waals surface area (Å²) in [7, 11) is 4.57. The van der Waals surface area contributed by atoms with Gasteiger partial charge >= 0.3 is 0 Å². The number of hydrogen-bond donors (Lipinski definition) is 0. The lowest BCUT2D eigenvalue weighted by atomic mass is 10.1. The Morgan fingerprint density at radius 3 is 2.32 bits per heavy atom. The number of anilines is 1. The predicted octanol–water partition coefficient (Wildman–Crippen LogP) is 3.28. The molecule has 0 saturated carbocycles. The van der Waals surface area contributed by atoms with Gasteiger partial charge in [0.25, 0.3) is 0 Å². The molecule has 1 fully saturated rings. The summed E-state index contributed by atoms with van der Waals surface area (Å²) >= 11 is 0. The predicted molar refractivity (Wildman–Crippen MR) is 119 cm³/mol. The summed E-state index contributed by atoms with van der Waals surface area (Å²) < 4.78 is 16.1. The van der Waals surface area contributed by atoms with E-state index >= 15 is 0 Å². The van der Waals surface area contributed by atoms with Crippen molar-refractivity contribution in [3.8, 4) is 17.2 Å². The zero-order chi connectivity index (χ0) is 22.4. The van der Waals surface area contributed by atoms with Crippen molar-refractivity contribution in [1.29, 1.82) is 0 Å². The number of carbonyl (C=O) groups excluding carboxylic acids is 2. The van der Waals surface area contributed by atoms with Gasteiger partial charge in [-0.3, -0.25) is 9.59 Å². The van der Waals surface area contributed by atoms with E-state index in [1.165, 1.54) is 21.3 Å². The molecule has 0 bridgehead atoms. The standard InChI is InChI=1S/C24H28N2O5/c1-5-11-25(15-17-9-7-6-8-10-17)24(28)18-12-22(27)26(16-18)19-13-20(29-2)23(31-4)21(14-19)30-3/h5-10,13-14,18H,1,11-12,15-16H2,2-4H3. The van der Waals surface area contributed by atoms with Crippen LogP contribution in [0, 0.1) is 5.92 Å². The SMILES string of the molecule is C=CCN(Cc1ccccc1)C(=O)C1CC(=O)N(c2cc(OC)c(OC)c(OC)c2)C1. The second-order valence-electron chi connectivity index (χ2n) is 7.28. The van der Waals surface area contributed by atoms with Crippen molar-refractivity contribution in [2.24, 2.45) is 5.92 Å². The number of benzene rings is 2. The molecule has 0 aliphatic carbocycles. The molecular weight excluding hydrogens is 396 g/mol. The molecule has 0 spiro atoms. The molecule has 1 unspecified atom stereocenters. The number of hydrogen-bond acceptors (Lipinski definition) is 5. The Labute approximate surface area is 182 Å². The number of carbonyl (C=O) groups is 2. The lowest BCUT2D eigenvalue weighted by Gasteiger charge is -2.25. The molecule has 1 aliphatic heterocycles. The summed E-state index contributed by atoms with van der Waals surface area (Å²) in [5.74, 6) is 0.745. The zero-order valence-electron chi connectivity index (χ0n) is 18.2. The first kappa shape index (κ1) is 22.2. The second-order valence-corrected chi connectivity index (χ2v) is 7.28. The van der Waals surface area contributed by atoms with Crippen LogP contribution >= 0.6 is 0 Å². The summed E-state index contributed by atoms with van der Waals surface area (Å²) in [5.41, 5.74) is 1.64. The molecule has 0 radical (unpaired) electrons. The summed E-state index contributed by atoms with van der Waals surface area (Å²) in [6.45, 7) is 4.95. The van der Waals surface area contributed by atoms with Gasteiger partial charge in [0.15, 0.2) is 11.5 Å². The van der Waals surface area contributed by atoms with Crippen LogP contribution in [0.3, 0.4) is 0 Å². The minimum absolute atomic E-state index is 0.0629. The molecule has 2 aromatic carbocycles. The van der Waals surface area contributed by atoms with Gasteiger partial charge in [-0.1, -0.05) is 36.4 Å². The van der Waals surface area contributed by atoms with Crippen LogP contribution < -0.4 is 19.1 Å². The Hall–Kier alpha value is -3.48. The van der Waals surface area contributed by atoms with Crippen LogP contribution in [0.5, 0.6) is 17.2 Å². The number of amides is 2. The van der Waals surface area contributed by atoms with Crippen molar-refractivity contribution in [1.82, 2.24) is 4.90 Å². The lowest BCUT2D eigenvalue weighted by Crippen LogP contribution is -2.37. The molecule has 2 amide bonds. The fraction of sp³-hybridized carbons (Fsp3) is 0.333. The fourth-order valence-corrected chi connectivity index (χ4v) is 3.80. The molecule has 0 N–H and O–H groups in total. The summed E-state index contributed by atoms with van der Waals surface area (Å²) in [5, 5.41) is 0. The van der Waals surface area contributed by atoms with Crippen LogP contribution in [-0.4, -0.2) is 51.1 Å². The third kappa shape index (κ3) is 4.82. The molecule has 0 aromatic heterocycles. The van der Waals surface area contributed by atoms with E-state index < -0.39 is 5.92 Å². The Morgan fingerprint density at radius 1 is 1.13 bits per heavy atom. The maximum absolute atomic E-state index is 13.2. The van der Waals surface area contributed by atoms with Gasteiger partial charge < -0.3 is 24.0 Å². The van der Waals surface area contributed by atoms with Crippen LogP contribution in [-0.2, 0) is 16.1 Å². The third-order valence-electron chi connectivity index (χ3n) is 5.31. The van der Waals surface area contributed by atoms with E-state index in [2.05, 4.69) is 6.58 Å². The molecule has 1 saturated heterocycles. The Bertz CT molecular complexity index is 919. The average Bonchev–Trinajstić information content (AvgIpc) is 3.19. The first-order valence-corrected chi connectivity index (χ1v) is 10.1. The fourth-order valence-electron chi connectivity index (χ4n) is 3.80. The summed E-state index contributed by atoms with van der Waals surface area (Å²) in [6.07, 6.45) is 1.85. The minimum Gasteiger partial charge on any atom is -0.493 e. The quantitative estimate of drug-likeness (QED) is 0.578. The van der Waals surface area contributed by atoms with Gasteiger partial charge in [0.1, 0.15) is 0 Å². The van der Waals surface area contributed by atoms with E-state index in [0.29, 0.717) is 42.6 Å². The number of rotatable bonds is 9. The van der Waals surface area contributed by atoms with Gasteiger partial charge in [-0.25, -0.2) is 0 Å². The van der Waals surface area contributed by atoms with Gasteiger partial charge in [-0.2, -0.15) is 0 Å². The Balaban J connectivity index is 1.81. The van der Waals surface area contributed by atoms with E-state index in [0.717, 1.165) is 5.56 Å². The number of nitrogens with zero attached hydrogens (tertiary/aromatic N) is 2. The maximum Gasteiger partial charge on any atom is 0.228 e. The molecule has 1 atom stereocenters. The molecule has 1 aliphatic rings. The van der Waals surface area contributed by atoms with Gasteiger partial charge in [-0.05, 0) is 5.56 Å². The molecule has 31 heavy (non-hydrogen) atoms. The number of methoxy groups -OCH3 is 3. The first-order valence-electron chi connectivity index (χ1n) is 10.1. The van der Waals surface area contributed by atoms with Gasteiger partial charge in [-0.15, -0.1) is 6.58 Å². The van der Waals surface area contributed by atoms with E-state index in [-0.39, 0.29) is 18.2 Å². The number of ether oxygens (including phenoxy) is 3. The molecule has 1 heterocycles. The average molecular weight is 424 g/mol. The Kier molecular flexibility index (Phi) is 7.18. The van der Waals surface area contributed by atoms with Gasteiger partial charge in [0.05, 0.1) is 32.9 Å². The van der Waals surface area contributed by atoms with Crippen molar-refractivity contribution in [2.75, 3.05) is 39.3 Å². The third-order valence-corrected chi connectivity index (χ3v) is 5.31. The van der Waals surface area contributed by atoms with Crippen molar-refractivity contribution >= 4 is 17.5 Å². The van der Waals surface area contributed by atoms with Crippen LogP contribution in [0.2, 0.25) is 0 Å². The molecule has 7 nitrogen and oxygen atoms in total. The van der Waals surface area contributed by atoms with E-state index in [1.807, 2.05) is 30.3 Å². The van der Waals surface area contributed by atoms with E-state index in [4.69, 9.17) is 14.2 Å². The highest BCUT2D eigenvalue weighted by Crippen LogP contribution is 2.42. The summed E-state index contributed by atoms with van der Waals surface area (Å²) in [6, 6.07) is 13.2. The largest absolute Gasteiger partial charge is 0.493 e. The van der Waals surface area contributed by atoms with Crippen LogP contribution in [0.1, 0.15) is 12.0 Å². The maximum atomic E-state index is 13.2. The van der Waals surface area contributed by atoms with Crippen LogP contribution in [0.15, 0.2) is 55.1 Å². The smallest absolute Gasteiger partial charge is 0.228 e. The highest BCUT2D eigenvalue weighted by molar-refractivity contribution is 6.00. The second kappa shape index (κ2) is 10.0. The van der Waals surface area contributed by atoms with E-state index in [1.54, 1.807) is 28.0 Å². The van der Waals surface area contributed by atoms with Crippen molar-refractivity contribution in [3.63, 3.8) is 0 Å². The molecular formula is C24H28N2O5. The Morgan fingerprint density at radius 2 is 1.77 bits per heavy atom. The van der Waals surface area contributed by atoms with Crippen LogP contribution in [0.4, 0.5) is 5.69 Å². The zero-order valence-corrected chi connectivity index (χ0v) is 18.2. The highest BCUT2D eigenvalue weighted by Gasteiger charge is 2.37. The first-order chi connectivity index (χ1) is 15.0.